The lowest BCUT2D eigenvalue weighted by Gasteiger charge is -2.09. The quantitative estimate of drug-likeness (QED) is 0.747. The topological polar surface area (TPSA) is 52.0 Å². The number of hydrogen-bond donors (Lipinski definition) is 0. The van der Waals surface area contributed by atoms with Gasteiger partial charge in [-0.15, -0.1) is 0 Å². The first kappa shape index (κ1) is 13.6. The Balaban J connectivity index is 2.05. The van der Waals surface area contributed by atoms with Crippen LogP contribution in [0.15, 0.2) is 71.9 Å². The molecule has 3 aromatic rings. The minimum Gasteiger partial charge on any atom is -0.301 e. The molecule has 2 aromatic heterocycles. The molecule has 3 rings (SSSR count). The average Bonchev–Trinajstić information content (AvgIpc) is 2.97. The van der Waals surface area contributed by atoms with E-state index in [2.05, 4.69) is 4.98 Å². The molecule has 0 radical (unpaired) electrons. The van der Waals surface area contributed by atoms with Crippen LogP contribution in [-0.2, 0) is 9.84 Å². The number of hydrogen-bond acceptors (Lipinski definition) is 3. The van der Waals surface area contributed by atoms with Gasteiger partial charge in [-0.2, -0.15) is 0 Å². The van der Waals surface area contributed by atoms with Crippen molar-refractivity contribution in [3.05, 3.63) is 67.0 Å². The highest BCUT2D eigenvalue weighted by Gasteiger charge is 2.09. The average molecular weight is 298 g/mol. The first-order valence-electron chi connectivity index (χ1n) is 6.45. The second-order valence-corrected chi connectivity index (χ2v) is 6.76. The molecule has 4 nitrogen and oxygen atoms in total. The Labute approximate surface area is 123 Å². The first-order chi connectivity index (χ1) is 10.1. The second kappa shape index (κ2) is 5.18. The maximum absolute atomic E-state index is 11.5. The Kier molecular flexibility index (Phi) is 3.35. The highest BCUT2D eigenvalue weighted by molar-refractivity contribution is 7.90. The maximum Gasteiger partial charge on any atom is 0.175 e. The van der Waals surface area contributed by atoms with E-state index in [-0.39, 0.29) is 0 Å². The minimum atomic E-state index is -3.17. The van der Waals surface area contributed by atoms with Crippen molar-refractivity contribution in [1.29, 1.82) is 0 Å². The number of aromatic nitrogens is 2. The third kappa shape index (κ3) is 2.73. The van der Waals surface area contributed by atoms with E-state index in [1.165, 1.54) is 6.26 Å². The summed E-state index contributed by atoms with van der Waals surface area (Å²) >= 11 is 0. The van der Waals surface area contributed by atoms with E-state index < -0.39 is 9.84 Å². The highest BCUT2D eigenvalue weighted by atomic mass is 32.2. The lowest BCUT2D eigenvalue weighted by atomic mass is 10.1. The smallest absolute Gasteiger partial charge is 0.175 e. The highest BCUT2D eigenvalue weighted by Crippen LogP contribution is 2.24. The molecule has 0 fully saturated rings. The van der Waals surface area contributed by atoms with Gasteiger partial charge in [0.05, 0.1) is 10.6 Å². The van der Waals surface area contributed by atoms with Gasteiger partial charge < -0.3 is 4.57 Å². The Hall–Kier alpha value is -2.40. The molecule has 1 aromatic carbocycles. The number of rotatable bonds is 3. The van der Waals surface area contributed by atoms with Crippen LogP contribution in [0.3, 0.4) is 0 Å². The van der Waals surface area contributed by atoms with Crippen LogP contribution in [-0.4, -0.2) is 24.2 Å². The molecule has 0 bridgehead atoms. The van der Waals surface area contributed by atoms with Gasteiger partial charge in [-0.1, -0.05) is 18.2 Å². The fourth-order valence-electron chi connectivity index (χ4n) is 2.19. The van der Waals surface area contributed by atoms with E-state index in [4.69, 9.17) is 0 Å². The largest absolute Gasteiger partial charge is 0.301 e. The lowest BCUT2D eigenvalue weighted by Crippen LogP contribution is -1.99. The van der Waals surface area contributed by atoms with Crippen LogP contribution in [0, 0.1) is 0 Å². The van der Waals surface area contributed by atoms with Gasteiger partial charge in [0.2, 0.25) is 0 Å². The molecule has 0 atom stereocenters. The molecule has 0 aliphatic rings. The number of pyridine rings is 1. The van der Waals surface area contributed by atoms with Crippen LogP contribution in [0.2, 0.25) is 0 Å². The molecule has 0 aliphatic heterocycles. The van der Waals surface area contributed by atoms with Gasteiger partial charge >= 0.3 is 0 Å². The summed E-state index contributed by atoms with van der Waals surface area (Å²) in [4.78, 5) is 4.65. The van der Waals surface area contributed by atoms with Gasteiger partial charge in [-0.3, -0.25) is 0 Å². The molecule has 0 N–H and O–H groups in total. The van der Waals surface area contributed by atoms with Crippen LogP contribution in [0.4, 0.5) is 0 Å². The number of sulfone groups is 1. The van der Waals surface area contributed by atoms with Gasteiger partial charge in [0.15, 0.2) is 9.84 Å². The van der Waals surface area contributed by atoms with Crippen LogP contribution < -0.4 is 0 Å². The minimum absolute atomic E-state index is 0.321. The Morgan fingerprint density at radius 3 is 2.33 bits per heavy atom. The zero-order valence-corrected chi connectivity index (χ0v) is 12.3. The molecule has 106 valence electrons. The molecule has 0 saturated heterocycles. The first-order valence-corrected chi connectivity index (χ1v) is 8.34. The molecule has 0 unspecified atom stereocenters. The van der Waals surface area contributed by atoms with Gasteiger partial charge in [0.25, 0.3) is 0 Å². The fraction of sp³-hybridized carbons (Fsp3) is 0.0625. The van der Waals surface area contributed by atoms with E-state index in [1.54, 1.807) is 18.3 Å². The normalized spacial score (nSPS) is 11.5. The van der Waals surface area contributed by atoms with Crippen molar-refractivity contribution in [2.45, 2.75) is 4.90 Å². The van der Waals surface area contributed by atoms with Crippen molar-refractivity contribution in [3.8, 4) is 17.1 Å². The standard InChI is InChI=1S/C16H14N2O2S/c1-21(19,20)14-9-7-13(8-10-14)15-5-4-12-18(15)16-6-2-3-11-17-16/h2-12H,1H3. The van der Waals surface area contributed by atoms with Gasteiger partial charge in [0.1, 0.15) is 5.82 Å². The molecular weight excluding hydrogens is 284 g/mol. The summed E-state index contributed by atoms with van der Waals surface area (Å²) in [6.07, 6.45) is 4.88. The van der Waals surface area contributed by atoms with Crippen LogP contribution in [0.25, 0.3) is 17.1 Å². The Bertz CT molecular complexity index is 851. The van der Waals surface area contributed by atoms with Crippen molar-refractivity contribution < 1.29 is 8.42 Å². The van der Waals surface area contributed by atoms with E-state index in [1.807, 2.05) is 53.2 Å². The number of benzene rings is 1. The summed E-state index contributed by atoms with van der Waals surface area (Å²) in [5.41, 5.74) is 1.91. The van der Waals surface area contributed by atoms with Gasteiger partial charge in [0, 0.05) is 18.6 Å². The van der Waals surface area contributed by atoms with Crippen molar-refractivity contribution >= 4 is 9.84 Å². The molecule has 0 saturated carbocycles. The molecule has 0 spiro atoms. The van der Waals surface area contributed by atoms with E-state index in [0.29, 0.717) is 4.90 Å². The van der Waals surface area contributed by atoms with Crippen molar-refractivity contribution in [3.63, 3.8) is 0 Å². The maximum atomic E-state index is 11.5. The van der Waals surface area contributed by atoms with Crippen molar-refractivity contribution in [2.24, 2.45) is 0 Å². The zero-order valence-electron chi connectivity index (χ0n) is 11.5. The van der Waals surface area contributed by atoms with E-state index in [0.717, 1.165) is 17.1 Å². The summed E-state index contributed by atoms with van der Waals surface area (Å²) < 4.78 is 25.0. The summed E-state index contributed by atoms with van der Waals surface area (Å²) in [6.45, 7) is 0. The van der Waals surface area contributed by atoms with Crippen LogP contribution >= 0.6 is 0 Å². The summed E-state index contributed by atoms with van der Waals surface area (Å²) in [5, 5.41) is 0. The van der Waals surface area contributed by atoms with Gasteiger partial charge in [-0.05, 0) is 42.0 Å². The van der Waals surface area contributed by atoms with Crippen LogP contribution in [0.5, 0.6) is 0 Å². The second-order valence-electron chi connectivity index (χ2n) is 4.75. The molecular formula is C16H14N2O2S. The molecule has 0 aliphatic carbocycles. The third-order valence-electron chi connectivity index (χ3n) is 3.22. The summed E-state index contributed by atoms with van der Waals surface area (Å²) in [6, 6.07) is 16.5. The number of nitrogens with zero attached hydrogens (tertiary/aromatic N) is 2. The lowest BCUT2D eigenvalue weighted by molar-refractivity contribution is 0.602. The summed E-state index contributed by atoms with van der Waals surface area (Å²) in [5.74, 6) is 0.824. The molecule has 5 heteroatoms. The summed E-state index contributed by atoms with van der Waals surface area (Å²) in [7, 11) is -3.17. The molecule has 21 heavy (non-hydrogen) atoms. The monoisotopic (exact) mass is 298 g/mol. The third-order valence-corrected chi connectivity index (χ3v) is 4.35. The predicted octanol–water partition coefficient (Wildman–Crippen LogP) is 2.94. The van der Waals surface area contributed by atoms with Crippen molar-refractivity contribution in [1.82, 2.24) is 9.55 Å². The van der Waals surface area contributed by atoms with E-state index in [9.17, 15) is 8.42 Å². The molecule has 2 heterocycles. The zero-order chi connectivity index (χ0) is 14.9. The SMILES string of the molecule is CS(=O)(=O)c1ccc(-c2cccn2-c2ccccn2)cc1. The van der Waals surface area contributed by atoms with Gasteiger partial charge in [-0.25, -0.2) is 13.4 Å². The Morgan fingerprint density at radius 1 is 0.952 bits per heavy atom. The fourth-order valence-corrected chi connectivity index (χ4v) is 2.82. The van der Waals surface area contributed by atoms with Crippen LogP contribution in [0.1, 0.15) is 0 Å². The Morgan fingerprint density at radius 2 is 1.71 bits per heavy atom. The van der Waals surface area contributed by atoms with E-state index >= 15 is 0 Å². The predicted molar refractivity (Wildman–Crippen MR) is 82.1 cm³/mol. The van der Waals surface area contributed by atoms with Crippen molar-refractivity contribution in [2.75, 3.05) is 6.26 Å². The molecule has 0 amide bonds.